The number of nitrogens with one attached hydrogen (secondary N) is 1. The molecule has 0 saturated heterocycles. The molecule has 0 amide bonds. The van der Waals surface area contributed by atoms with Crippen LogP contribution in [-0.4, -0.2) is 21.0 Å². The molecule has 0 aliphatic carbocycles. The summed E-state index contributed by atoms with van der Waals surface area (Å²) in [6, 6.07) is 18.9. The Morgan fingerprint density at radius 2 is 1.74 bits per heavy atom. The first-order chi connectivity index (χ1) is 11.2. The molecule has 0 atom stereocenters. The summed E-state index contributed by atoms with van der Waals surface area (Å²) in [5, 5.41) is 11.9. The third-order valence-electron chi connectivity index (χ3n) is 3.29. The van der Waals surface area contributed by atoms with Gasteiger partial charge >= 0.3 is 5.97 Å². The molecule has 1 heterocycles. The predicted octanol–water partition coefficient (Wildman–Crippen LogP) is 3.51. The summed E-state index contributed by atoms with van der Waals surface area (Å²) < 4.78 is 0. The van der Waals surface area contributed by atoms with E-state index in [1.54, 1.807) is 18.3 Å². The number of carboxylic acids is 1. The zero-order valence-corrected chi connectivity index (χ0v) is 12.3. The third-order valence-corrected chi connectivity index (χ3v) is 3.29. The summed E-state index contributed by atoms with van der Waals surface area (Å²) in [5.74, 6) is -0.345. The van der Waals surface area contributed by atoms with Crippen molar-refractivity contribution in [3.05, 3.63) is 72.4 Å². The van der Waals surface area contributed by atoms with E-state index in [9.17, 15) is 4.79 Å². The highest BCUT2D eigenvalue weighted by molar-refractivity contribution is 5.70. The smallest absolute Gasteiger partial charge is 0.307 e. The lowest BCUT2D eigenvalue weighted by molar-refractivity contribution is -0.136. The summed E-state index contributed by atoms with van der Waals surface area (Å²) in [5.41, 5.74) is 3.42. The van der Waals surface area contributed by atoms with E-state index in [-0.39, 0.29) is 6.42 Å². The number of hydrogen-bond donors (Lipinski definition) is 2. The Hall–Kier alpha value is -3.21. The molecule has 1 aromatic heterocycles. The van der Waals surface area contributed by atoms with Gasteiger partial charge < -0.3 is 10.4 Å². The van der Waals surface area contributed by atoms with Crippen LogP contribution in [0, 0.1) is 0 Å². The largest absolute Gasteiger partial charge is 0.481 e. The average Bonchev–Trinajstić information content (AvgIpc) is 2.57. The molecule has 2 aromatic carbocycles. The highest BCUT2D eigenvalue weighted by Crippen LogP contribution is 2.19. The number of hydrogen-bond acceptors (Lipinski definition) is 4. The predicted molar refractivity (Wildman–Crippen MR) is 88.5 cm³/mol. The lowest BCUT2D eigenvalue weighted by Gasteiger charge is -2.07. The van der Waals surface area contributed by atoms with Crippen LogP contribution >= 0.6 is 0 Å². The van der Waals surface area contributed by atoms with Gasteiger partial charge in [0.05, 0.1) is 12.1 Å². The second kappa shape index (κ2) is 6.70. The Labute approximate surface area is 133 Å². The van der Waals surface area contributed by atoms with Crippen molar-refractivity contribution < 1.29 is 9.90 Å². The number of nitrogens with zero attached hydrogens (tertiary/aromatic N) is 2. The van der Waals surface area contributed by atoms with Gasteiger partial charge in [0.25, 0.3) is 0 Å². The molecule has 2 N–H and O–H groups in total. The number of carbonyl (C=O) groups is 1. The van der Waals surface area contributed by atoms with Crippen LogP contribution in [0.15, 0.2) is 66.9 Å². The number of benzene rings is 2. The van der Waals surface area contributed by atoms with Gasteiger partial charge in [0, 0.05) is 17.4 Å². The molecule has 23 heavy (non-hydrogen) atoms. The molecule has 5 heteroatoms. The highest BCUT2D eigenvalue weighted by Gasteiger charge is 2.04. The lowest BCUT2D eigenvalue weighted by Crippen LogP contribution is -2.01. The summed E-state index contributed by atoms with van der Waals surface area (Å²) in [4.78, 5) is 19.4. The van der Waals surface area contributed by atoms with E-state index in [0.717, 1.165) is 22.5 Å². The zero-order chi connectivity index (χ0) is 16.1. The molecule has 0 bridgehead atoms. The Morgan fingerprint density at radius 1 is 1.00 bits per heavy atom. The van der Waals surface area contributed by atoms with E-state index in [1.807, 2.05) is 48.5 Å². The van der Waals surface area contributed by atoms with Crippen molar-refractivity contribution >= 4 is 17.6 Å². The standard InChI is InChI=1S/C18H15N3O2/c22-17(23)12-13-6-8-15(9-7-13)20-18-19-11-10-16(21-18)14-4-2-1-3-5-14/h1-11H,12H2,(H,22,23)(H,19,20,21). The molecule has 0 unspecified atom stereocenters. The van der Waals surface area contributed by atoms with Gasteiger partial charge in [-0.3, -0.25) is 4.79 Å². The second-order valence-electron chi connectivity index (χ2n) is 5.02. The van der Waals surface area contributed by atoms with Gasteiger partial charge in [0.2, 0.25) is 5.95 Å². The molecule has 3 aromatic rings. The Morgan fingerprint density at radius 3 is 2.43 bits per heavy atom. The third kappa shape index (κ3) is 3.91. The van der Waals surface area contributed by atoms with Crippen LogP contribution in [0.1, 0.15) is 5.56 Å². The quantitative estimate of drug-likeness (QED) is 0.754. The summed E-state index contributed by atoms with van der Waals surface area (Å²) in [6.07, 6.45) is 1.72. The summed E-state index contributed by atoms with van der Waals surface area (Å²) in [6.45, 7) is 0. The normalized spacial score (nSPS) is 10.3. The van der Waals surface area contributed by atoms with Crippen LogP contribution in [0.25, 0.3) is 11.3 Å². The molecule has 0 radical (unpaired) electrons. The van der Waals surface area contributed by atoms with Crippen molar-refractivity contribution in [2.75, 3.05) is 5.32 Å². The molecule has 0 aliphatic rings. The number of aromatic nitrogens is 2. The number of carboxylic acid groups (broad SMARTS) is 1. The average molecular weight is 305 g/mol. The van der Waals surface area contributed by atoms with Gasteiger partial charge in [-0.2, -0.15) is 0 Å². The SMILES string of the molecule is O=C(O)Cc1ccc(Nc2nccc(-c3ccccc3)n2)cc1. The first-order valence-corrected chi connectivity index (χ1v) is 7.17. The molecule has 0 aliphatic heterocycles. The van der Waals surface area contributed by atoms with Crippen molar-refractivity contribution in [1.29, 1.82) is 0 Å². The van der Waals surface area contributed by atoms with Gasteiger partial charge in [0.15, 0.2) is 0 Å². The fraction of sp³-hybridized carbons (Fsp3) is 0.0556. The van der Waals surface area contributed by atoms with E-state index < -0.39 is 5.97 Å². The van der Waals surface area contributed by atoms with Gasteiger partial charge in [-0.25, -0.2) is 9.97 Å². The first-order valence-electron chi connectivity index (χ1n) is 7.17. The molecular formula is C18H15N3O2. The van der Waals surface area contributed by atoms with Crippen LogP contribution < -0.4 is 5.32 Å². The fourth-order valence-electron chi connectivity index (χ4n) is 2.20. The maximum atomic E-state index is 10.7. The maximum Gasteiger partial charge on any atom is 0.307 e. The molecule has 0 spiro atoms. The lowest BCUT2D eigenvalue weighted by atomic mass is 10.1. The van der Waals surface area contributed by atoms with Crippen LogP contribution in [0.3, 0.4) is 0 Å². The Bertz CT molecular complexity index is 802. The van der Waals surface area contributed by atoms with E-state index >= 15 is 0 Å². The van der Waals surface area contributed by atoms with Gasteiger partial charge in [-0.15, -0.1) is 0 Å². The second-order valence-corrected chi connectivity index (χ2v) is 5.02. The van der Waals surface area contributed by atoms with Crippen LogP contribution in [0.4, 0.5) is 11.6 Å². The first kappa shape index (κ1) is 14.7. The zero-order valence-electron chi connectivity index (χ0n) is 12.3. The van der Waals surface area contributed by atoms with Crippen molar-refractivity contribution in [1.82, 2.24) is 9.97 Å². The van der Waals surface area contributed by atoms with Gasteiger partial charge in [0.1, 0.15) is 0 Å². The highest BCUT2D eigenvalue weighted by atomic mass is 16.4. The molecular weight excluding hydrogens is 290 g/mol. The number of anilines is 2. The molecule has 0 fully saturated rings. The Kier molecular flexibility index (Phi) is 4.29. The molecule has 5 nitrogen and oxygen atoms in total. The number of aliphatic carboxylic acids is 1. The van der Waals surface area contributed by atoms with E-state index in [4.69, 9.17) is 5.11 Å². The van der Waals surface area contributed by atoms with Crippen LogP contribution in [0.5, 0.6) is 0 Å². The molecule has 3 rings (SSSR count). The van der Waals surface area contributed by atoms with Crippen LogP contribution in [0.2, 0.25) is 0 Å². The monoisotopic (exact) mass is 305 g/mol. The maximum absolute atomic E-state index is 10.7. The van der Waals surface area contributed by atoms with E-state index in [2.05, 4.69) is 15.3 Å². The summed E-state index contributed by atoms with van der Waals surface area (Å²) in [7, 11) is 0. The Balaban J connectivity index is 1.77. The minimum absolute atomic E-state index is 0.0142. The molecule has 0 saturated carbocycles. The van der Waals surface area contributed by atoms with Crippen molar-refractivity contribution in [3.63, 3.8) is 0 Å². The van der Waals surface area contributed by atoms with Crippen molar-refractivity contribution in [2.45, 2.75) is 6.42 Å². The van der Waals surface area contributed by atoms with E-state index in [0.29, 0.717) is 5.95 Å². The van der Waals surface area contributed by atoms with Gasteiger partial charge in [-0.1, -0.05) is 42.5 Å². The fourth-order valence-corrected chi connectivity index (χ4v) is 2.20. The van der Waals surface area contributed by atoms with Crippen molar-refractivity contribution in [2.24, 2.45) is 0 Å². The summed E-state index contributed by atoms with van der Waals surface area (Å²) >= 11 is 0. The van der Waals surface area contributed by atoms with Gasteiger partial charge in [-0.05, 0) is 23.8 Å². The minimum atomic E-state index is -0.843. The molecule has 114 valence electrons. The minimum Gasteiger partial charge on any atom is -0.481 e. The van der Waals surface area contributed by atoms with Crippen LogP contribution in [-0.2, 0) is 11.2 Å². The topological polar surface area (TPSA) is 75.1 Å². The van der Waals surface area contributed by atoms with Crippen molar-refractivity contribution in [3.8, 4) is 11.3 Å². The number of rotatable bonds is 5. The van der Waals surface area contributed by atoms with E-state index in [1.165, 1.54) is 0 Å².